The predicted octanol–water partition coefficient (Wildman–Crippen LogP) is 2.18. The molecule has 8 nitrogen and oxygen atoms in total. The second kappa shape index (κ2) is 7.14. The summed E-state index contributed by atoms with van der Waals surface area (Å²) >= 11 is 0. The maximum Gasteiger partial charge on any atom is 0.272 e. The lowest BCUT2D eigenvalue weighted by Gasteiger charge is -2.30. The second-order valence-corrected chi connectivity index (χ2v) is 7.21. The van der Waals surface area contributed by atoms with E-state index in [2.05, 4.69) is 15.1 Å². The smallest absolute Gasteiger partial charge is 0.272 e. The molecule has 5 rings (SSSR count). The number of rotatable bonds is 3. The molecule has 1 fully saturated rings. The Bertz CT molecular complexity index is 1170. The standard InChI is InChI=1S/C21H20N6O2/c28-18-2-1-9-25(13-18)21(29)19-7-8-24-27(19)20-6-5-17-4-3-15(12-26(17)20)16-10-22-14-23-11-16/h3-8,10-12,14,18,28H,1-2,9,13H2. The van der Waals surface area contributed by atoms with E-state index in [1.54, 1.807) is 34.2 Å². The van der Waals surface area contributed by atoms with Crippen LogP contribution < -0.4 is 0 Å². The van der Waals surface area contributed by atoms with Gasteiger partial charge >= 0.3 is 0 Å². The lowest BCUT2D eigenvalue weighted by Crippen LogP contribution is -2.42. The first-order chi connectivity index (χ1) is 14.2. The van der Waals surface area contributed by atoms with Gasteiger partial charge in [0.05, 0.1) is 12.3 Å². The maximum atomic E-state index is 13.1. The highest BCUT2D eigenvalue weighted by atomic mass is 16.3. The highest BCUT2D eigenvalue weighted by Crippen LogP contribution is 2.23. The highest BCUT2D eigenvalue weighted by Gasteiger charge is 2.26. The van der Waals surface area contributed by atoms with E-state index in [0.717, 1.165) is 35.3 Å². The van der Waals surface area contributed by atoms with Gasteiger partial charge in [0, 0.05) is 48.3 Å². The number of aliphatic hydroxyl groups excluding tert-OH is 1. The van der Waals surface area contributed by atoms with Crippen molar-refractivity contribution in [2.24, 2.45) is 0 Å². The van der Waals surface area contributed by atoms with Crippen LogP contribution in [0.3, 0.4) is 0 Å². The summed E-state index contributed by atoms with van der Waals surface area (Å²) in [6, 6.07) is 9.67. The minimum absolute atomic E-state index is 0.121. The van der Waals surface area contributed by atoms with Gasteiger partial charge in [0.25, 0.3) is 5.91 Å². The van der Waals surface area contributed by atoms with Crippen molar-refractivity contribution >= 4 is 11.4 Å². The molecular formula is C21H20N6O2. The maximum absolute atomic E-state index is 13.1. The van der Waals surface area contributed by atoms with Crippen LogP contribution in [-0.4, -0.2) is 59.3 Å². The van der Waals surface area contributed by atoms with Gasteiger partial charge in [0.2, 0.25) is 0 Å². The van der Waals surface area contributed by atoms with Gasteiger partial charge in [-0.25, -0.2) is 14.6 Å². The number of likely N-dealkylation sites (tertiary alicyclic amines) is 1. The van der Waals surface area contributed by atoms with Crippen LogP contribution in [0.4, 0.5) is 0 Å². The summed E-state index contributed by atoms with van der Waals surface area (Å²) in [4.78, 5) is 22.9. The minimum atomic E-state index is -0.464. The Morgan fingerprint density at radius 2 is 1.90 bits per heavy atom. The molecule has 8 heteroatoms. The Labute approximate surface area is 167 Å². The van der Waals surface area contributed by atoms with Crippen molar-refractivity contribution < 1.29 is 9.90 Å². The summed E-state index contributed by atoms with van der Waals surface area (Å²) in [5.74, 6) is 0.647. The number of amides is 1. The molecule has 146 valence electrons. The zero-order chi connectivity index (χ0) is 19.8. The van der Waals surface area contributed by atoms with Gasteiger partial charge in [-0.15, -0.1) is 0 Å². The number of pyridine rings is 1. The molecule has 4 aromatic rings. The van der Waals surface area contributed by atoms with E-state index in [9.17, 15) is 9.90 Å². The number of hydrogen-bond acceptors (Lipinski definition) is 5. The zero-order valence-corrected chi connectivity index (χ0v) is 15.7. The number of hydrogen-bond donors (Lipinski definition) is 1. The van der Waals surface area contributed by atoms with Crippen LogP contribution in [0.2, 0.25) is 0 Å². The number of piperidine rings is 1. The average molecular weight is 388 g/mol. The Hall–Kier alpha value is -3.52. The molecule has 5 heterocycles. The van der Waals surface area contributed by atoms with Gasteiger partial charge in [-0.05, 0) is 37.1 Å². The van der Waals surface area contributed by atoms with Crippen LogP contribution in [0.5, 0.6) is 0 Å². The first-order valence-electron chi connectivity index (χ1n) is 9.59. The van der Waals surface area contributed by atoms with Crippen LogP contribution in [0, 0.1) is 0 Å². The molecule has 0 radical (unpaired) electrons. The van der Waals surface area contributed by atoms with Crippen molar-refractivity contribution in [3.05, 3.63) is 67.1 Å². The van der Waals surface area contributed by atoms with Crippen LogP contribution in [0.25, 0.3) is 22.5 Å². The van der Waals surface area contributed by atoms with Gasteiger partial charge in [-0.3, -0.25) is 4.79 Å². The van der Waals surface area contributed by atoms with E-state index < -0.39 is 6.10 Å². The lowest BCUT2D eigenvalue weighted by molar-refractivity contribution is 0.0466. The van der Waals surface area contributed by atoms with E-state index >= 15 is 0 Å². The fourth-order valence-electron chi connectivity index (χ4n) is 3.83. The first kappa shape index (κ1) is 17.6. The third-order valence-corrected chi connectivity index (χ3v) is 5.29. The lowest BCUT2D eigenvalue weighted by atomic mass is 10.1. The molecule has 0 bridgehead atoms. The number of fused-ring (bicyclic) bond motifs is 1. The molecule has 4 aromatic heterocycles. The summed E-state index contributed by atoms with van der Waals surface area (Å²) < 4.78 is 3.65. The molecule has 0 aliphatic carbocycles. The number of carbonyl (C=O) groups is 1. The summed E-state index contributed by atoms with van der Waals surface area (Å²) in [6.07, 6.45) is 9.72. The highest BCUT2D eigenvalue weighted by molar-refractivity contribution is 5.93. The van der Waals surface area contributed by atoms with Crippen molar-refractivity contribution in [2.45, 2.75) is 18.9 Å². The van der Waals surface area contributed by atoms with Crippen molar-refractivity contribution in [1.29, 1.82) is 0 Å². The van der Waals surface area contributed by atoms with E-state index in [1.165, 1.54) is 6.33 Å². The molecule has 29 heavy (non-hydrogen) atoms. The summed E-state index contributed by atoms with van der Waals surface area (Å²) in [5.41, 5.74) is 3.35. The van der Waals surface area contributed by atoms with E-state index in [-0.39, 0.29) is 5.91 Å². The second-order valence-electron chi connectivity index (χ2n) is 7.21. The molecule has 1 aliphatic heterocycles. The molecule has 0 saturated carbocycles. The average Bonchev–Trinajstić information content (AvgIpc) is 3.40. The fourth-order valence-corrected chi connectivity index (χ4v) is 3.83. The Balaban J connectivity index is 1.55. The largest absolute Gasteiger partial charge is 0.391 e. The quantitative estimate of drug-likeness (QED) is 0.581. The van der Waals surface area contributed by atoms with E-state index in [1.807, 2.05) is 34.9 Å². The van der Waals surface area contributed by atoms with Crippen molar-refractivity contribution in [1.82, 2.24) is 29.0 Å². The van der Waals surface area contributed by atoms with Crippen LogP contribution >= 0.6 is 0 Å². The van der Waals surface area contributed by atoms with E-state index in [0.29, 0.717) is 18.8 Å². The topological polar surface area (TPSA) is 88.5 Å². The van der Waals surface area contributed by atoms with Gasteiger partial charge < -0.3 is 14.4 Å². The minimum Gasteiger partial charge on any atom is -0.391 e. The van der Waals surface area contributed by atoms with Gasteiger partial charge in [0.15, 0.2) is 0 Å². The Morgan fingerprint density at radius 1 is 1.07 bits per heavy atom. The monoisotopic (exact) mass is 388 g/mol. The summed E-state index contributed by atoms with van der Waals surface area (Å²) in [7, 11) is 0. The van der Waals surface area contributed by atoms with Crippen LogP contribution in [0.1, 0.15) is 23.3 Å². The SMILES string of the molecule is O=C(c1ccnn1-c1ccc2ccc(-c3cncnc3)cn12)N1CCCC(O)C1. The van der Waals surface area contributed by atoms with Crippen LogP contribution in [-0.2, 0) is 0 Å². The van der Waals surface area contributed by atoms with Crippen molar-refractivity contribution in [3.8, 4) is 16.9 Å². The third-order valence-electron chi connectivity index (χ3n) is 5.29. The summed E-state index contributed by atoms with van der Waals surface area (Å²) in [6.45, 7) is 1.01. The number of carbonyl (C=O) groups excluding carboxylic acids is 1. The number of β-amino-alcohol motifs (C(OH)–C–C–N with tert-alkyl or cyclic N) is 1. The number of nitrogens with zero attached hydrogens (tertiary/aromatic N) is 6. The Kier molecular flexibility index (Phi) is 4.33. The number of aliphatic hydroxyl groups is 1. The van der Waals surface area contributed by atoms with Crippen molar-refractivity contribution in [3.63, 3.8) is 0 Å². The van der Waals surface area contributed by atoms with Gasteiger partial charge in [-0.2, -0.15) is 5.10 Å². The third kappa shape index (κ3) is 3.17. The molecular weight excluding hydrogens is 368 g/mol. The molecule has 1 amide bonds. The molecule has 1 saturated heterocycles. The zero-order valence-electron chi connectivity index (χ0n) is 15.7. The number of aromatic nitrogens is 5. The Morgan fingerprint density at radius 3 is 2.72 bits per heavy atom. The molecule has 1 aliphatic rings. The molecule has 1 unspecified atom stereocenters. The molecule has 0 spiro atoms. The molecule has 1 atom stereocenters. The fraction of sp³-hybridized carbons (Fsp3) is 0.238. The van der Waals surface area contributed by atoms with Crippen LogP contribution in [0.15, 0.2) is 61.4 Å². The first-order valence-corrected chi connectivity index (χ1v) is 9.59. The van der Waals surface area contributed by atoms with E-state index in [4.69, 9.17) is 0 Å². The van der Waals surface area contributed by atoms with Gasteiger partial charge in [-0.1, -0.05) is 6.07 Å². The molecule has 1 N–H and O–H groups in total. The van der Waals surface area contributed by atoms with Crippen molar-refractivity contribution in [2.75, 3.05) is 13.1 Å². The van der Waals surface area contributed by atoms with Gasteiger partial charge in [0.1, 0.15) is 17.8 Å². The summed E-state index contributed by atoms with van der Waals surface area (Å²) in [5, 5.41) is 14.3. The predicted molar refractivity (Wildman–Crippen MR) is 107 cm³/mol. The molecule has 0 aromatic carbocycles. The normalized spacial score (nSPS) is 17.0.